The van der Waals surface area contributed by atoms with Gasteiger partial charge in [0.1, 0.15) is 0 Å². The van der Waals surface area contributed by atoms with Gasteiger partial charge in [0.05, 0.1) is 20.6 Å². The number of carbonyl (C=O) groups excluding carboxylic acids is 2. The van der Waals surface area contributed by atoms with Crippen LogP contribution in [0.3, 0.4) is 0 Å². The molecule has 0 atom stereocenters. The number of halogens is 1. The number of hydrogen-bond acceptors (Lipinski definition) is 6. The largest absolute Gasteiger partial charge is 0.466 e. The summed E-state index contributed by atoms with van der Waals surface area (Å²) in [7, 11) is 2.89. The molecule has 1 saturated heterocycles. The van der Waals surface area contributed by atoms with Gasteiger partial charge in [-0.1, -0.05) is 22.0 Å². The predicted molar refractivity (Wildman–Crippen MR) is 96.0 cm³/mol. The van der Waals surface area contributed by atoms with Crippen molar-refractivity contribution >= 4 is 27.9 Å². The highest BCUT2D eigenvalue weighted by molar-refractivity contribution is 9.10. The third-order valence-electron chi connectivity index (χ3n) is 4.74. The average Bonchev–Trinajstić information content (AvgIpc) is 2.61. The molecular weight excluding hydrogens is 390 g/mol. The third-order valence-corrected chi connectivity index (χ3v) is 5.60. The molecule has 0 amide bonds. The summed E-state index contributed by atoms with van der Waals surface area (Å²) in [6.45, 7) is 4.89. The summed E-state index contributed by atoms with van der Waals surface area (Å²) in [5.41, 5.74) is 1.68. The lowest BCUT2D eigenvalue weighted by atomic mass is 9.91. The number of benzene rings is 1. The van der Waals surface area contributed by atoms with Gasteiger partial charge in [-0.3, -0.25) is 4.79 Å². The Bertz CT molecular complexity index is 653. The van der Waals surface area contributed by atoms with Crippen molar-refractivity contribution in [2.75, 3.05) is 27.3 Å². The molecule has 0 unspecified atom stereocenters. The number of rotatable bonds is 5. The summed E-state index contributed by atoms with van der Waals surface area (Å²) < 4.78 is 11.5. The van der Waals surface area contributed by atoms with Crippen molar-refractivity contribution in [3.63, 3.8) is 0 Å². The number of methoxy groups -OCH3 is 1. The van der Waals surface area contributed by atoms with E-state index in [1.54, 1.807) is 12.2 Å². The Labute approximate surface area is 156 Å². The van der Waals surface area contributed by atoms with Crippen LogP contribution in [0.2, 0.25) is 0 Å². The minimum absolute atomic E-state index is 0.115. The van der Waals surface area contributed by atoms with E-state index < -0.39 is 17.5 Å². The molecule has 1 aromatic rings. The molecule has 1 aliphatic heterocycles. The predicted octanol–water partition coefficient (Wildman–Crippen LogP) is 2.72. The maximum absolute atomic E-state index is 12.6. The highest BCUT2D eigenvalue weighted by atomic mass is 79.9. The van der Waals surface area contributed by atoms with Gasteiger partial charge in [-0.25, -0.2) is 4.79 Å². The maximum atomic E-state index is 12.6. The van der Waals surface area contributed by atoms with Crippen LogP contribution in [-0.2, 0) is 30.3 Å². The number of hydroxylamine groups is 2. The molecule has 1 aromatic carbocycles. The highest BCUT2D eigenvalue weighted by Crippen LogP contribution is 2.30. The topological polar surface area (TPSA) is 65.1 Å². The SMILES string of the molecule is COC(=O)C1(OC(=O)Cc2c(C)ccc(Br)c2C)CCN(OC)CC1. The number of nitrogens with zero attached hydrogens (tertiary/aromatic N) is 1. The highest BCUT2D eigenvalue weighted by Gasteiger charge is 2.46. The number of hydrogen-bond donors (Lipinski definition) is 0. The van der Waals surface area contributed by atoms with Crippen LogP contribution in [-0.4, -0.2) is 49.9 Å². The van der Waals surface area contributed by atoms with Gasteiger partial charge in [-0.2, -0.15) is 5.06 Å². The second kappa shape index (κ2) is 8.29. The van der Waals surface area contributed by atoms with Gasteiger partial charge >= 0.3 is 11.9 Å². The van der Waals surface area contributed by atoms with Crippen LogP contribution in [0.15, 0.2) is 16.6 Å². The molecule has 0 radical (unpaired) electrons. The van der Waals surface area contributed by atoms with E-state index in [0.29, 0.717) is 25.9 Å². The van der Waals surface area contributed by atoms with Crippen LogP contribution in [0.25, 0.3) is 0 Å². The van der Waals surface area contributed by atoms with Crippen LogP contribution < -0.4 is 0 Å². The van der Waals surface area contributed by atoms with E-state index in [4.69, 9.17) is 14.3 Å². The molecule has 2 rings (SSSR count). The van der Waals surface area contributed by atoms with Crippen LogP contribution in [0.4, 0.5) is 0 Å². The second-order valence-corrected chi connectivity index (χ2v) is 7.07. The van der Waals surface area contributed by atoms with Gasteiger partial charge in [0.2, 0.25) is 5.60 Å². The Balaban J connectivity index is 2.16. The summed E-state index contributed by atoms with van der Waals surface area (Å²) in [5.74, 6) is -0.945. The van der Waals surface area contributed by atoms with E-state index in [9.17, 15) is 9.59 Å². The second-order valence-electron chi connectivity index (χ2n) is 6.22. The fraction of sp³-hybridized carbons (Fsp3) is 0.556. The number of aryl methyl sites for hydroxylation is 1. The smallest absolute Gasteiger partial charge is 0.350 e. The lowest BCUT2D eigenvalue weighted by molar-refractivity contribution is -0.205. The summed E-state index contributed by atoms with van der Waals surface area (Å²) >= 11 is 3.48. The third kappa shape index (κ3) is 4.40. The van der Waals surface area contributed by atoms with Crippen molar-refractivity contribution in [3.8, 4) is 0 Å². The van der Waals surface area contributed by atoms with Crippen LogP contribution >= 0.6 is 15.9 Å². The maximum Gasteiger partial charge on any atom is 0.350 e. The van der Waals surface area contributed by atoms with Crippen molar-refractivity contribution < 1.29 is 23.9 Å². The molecule has 25 heavy (non-hydrogen) atoms. The number of carbonyl (C=O) groups is 2. The van der Waals surface area contributed by atoms with E-state index >= 15 is 0 Å². The first-order chi connectivity index (χ1) is 11.8. The molecule has 1 aliphatic rings. The number of ether oxygens (including phenoxy) is 2. The molecule has 0 bridgehead atoms. The van der Waals surface area contributed by atoms with Crippen LogP contribution in [0.5, 0.6) is 0 Å². The standard InChI is InChI=1S/C18H24BrNO5/c1-12-5-6-15(19)13(2)14(12)11-16(21)25-18(17(22)23-3)7-9-20(24-4)10-8-18/h5-6H,7-11H2,1-4H3. The fourth-order valence-corrected chi connectivity index (χ4v) is 3.47. The average molecular weight is 414 g/mol. The zero-order valence-corrected chi connectivity index (χ0v) is 16.6. The van der Waals surface area contributed by atoms with E-state index in [-0.39, 0.29) is 6.42 Å². The molecule has 0 aromatic heterocycles. The van der Waals surface area contributed by atoms with Gasteiger partial charge in [-0.05, 0) is 36.6 Å². The lowest BCUT2D eigenvalue weighted by Gasteiger charge is -2.37. The van der Waals surface area contributed by atoms with Gasteiger partial charge in [-0.15, -0.1) is 0 Å². The zero-order chi connectivity index (χ0) is 18.6. The van der Waals surface area contributed by atoms with Crippen molar-refractivity contribution in [1.82, 2.24) is 5.06 Å². The Morgan fingerprint density at radius 3 is 2.40 bits per heavy atom. The number of piperidine rings is 1. The molecule has 0 spiro atoms. The first-order valence-corrected chi connectivity index (χ1v) is 8.96. The van der Waals surface area contributed by atoms with Gasteiger partial charge in [0.25, 0.3) is 0 Å². The van der Waals surface area contributed by atoms with Gasteiger partial charge < -0.3 is 14.3 Å². The Morgan fingerprint density at radius 1 is 1.20 bits per heavy atom. The summed E-state index contributed by atoms with van der Waals surface area (Å²) in [4.78, 5) is 30.1. The van der Waals surface area contributed by atoms with Crippen molar-refractivity contribution in [3.05, 3.63) is 33.3 Å². The van der Waals surface area contributed by atoms with E-state index in [0.717, 1.165) is 21.2 Å². The molecule has 0 saturated carbocycles. The van der Waals surface area contributed by atoms with E-state index in [1.165, 1.54) is 7.11 Å². The monoisotopic (exact) mass is 413 g/mol. The zero-order valence-electron chi connectivity index (χ0n) is 15.1. The van der Waals surface area contributed by atoms with Gasteiger partial charge in [0.15, 0.2) is 0 Å². The quantitative estimate of drug-likeness (QED) is 0.691. The summed E-state index contributed by atoms with van der Waals surface area (Å²) in [6, 6.07) is 3.91. The van der Waals surface area contributed by atoms with Gasteiger partial charge in [0, 0.05) is 30.4 Å². The van der Waals surface area contributed by atoms with E-state index in [1.807, 2.05) is 26.0 Å². The molecule has 1 heterocycles. The molecule has 6 nitrogen and oxygen atoms in total. The Kier molecular flexibility index (Phi) is 6.59. The fourth-order valence-electron chi connectivity index (χ4n) is 3.10. The number of esters is 2. The Hall–Kier alpha value is -1.44. The first-order valence-electron chi connectivity index (χ1n) is 8.17. The first kappa shape index (κ1) is 19.9. The van der Waals surface area contributed by atoms with Crippen molar-refractivity contribution in [2.45, 2.75) is 38.7 Å². The molecule has 138 valence electrons. The minimum atomic E-state index is -1.24. The van der Waals surface area contributed by atoms with Crippen molar-refractivity contribution in [2.24, 2.45) is 0 Å². The molecule has 0 aliphatic carbocycles. The summed E-state index contributed by atoms with van der Waals surface area (Å²) in [5, 5.41) is 1.73. The normalized spacial score (nSPS) is 17.2. The molecule has 7 heteroatoms. The molecular formula is C18H24BrNO5. The molecule has 0 N–H and O–H groups in total. The summed E-state index contributed by atoms with van der Waals surface area (Å²) in [6.07, 6.45) is 0.801. The van der Waals surface area contributed by atoms with Crippen LogP contribution in [0.1, 0.15) is 29.5 Å². The lowest BCUT2D eigenvalue weighted by Crippen LogP contribution is -2.52. The van der Waals surface area contributed by atoms with Crippen LogP contribution in [0, 0.1) is 13.8 Å². The Morgan fingerprint density at radius 2 is 1.84 bits per heavy atom. The van der Waals surface area contributed by atoms with E-state index in [2.05, 4.69) is 15.9 Å². The van der Waals surface area contributed by atoms with Crippen molar-refractivity contribution in [1.29, 1.82) is 0 Å². The molecule has 1 fully saturated rings. The minimum Gasteiger partial charge on any atom is -0.466 e.